The zero-order valence-electron chi connectivity index (χ0n) is 28.1. The highest BCUT2D eigenvalue weighted by molar-refractivity contribution is 5.72. The van der Waals surface area contributed by atoms with Gasteiger partial charge >= 0.3 is 5.97 Å². The topological polar surface area (TPSA) is 96.2 Å². The molecular formula is C36H60O6. The minimum Gasteiger partial charge on any atom is -0.462 e. The molecule has 6 aliphatic rings. The van der Waals surface area contributed by atoms with E-state index in [4.69, 9.17) is 9.47 Å². The SMILES string of the molecule is CC(C)C(C)C(=O)OC1CCC23CC24CCC2(C)C(C5(C)CCC(C(C)(C)O)O5)C(O)CC2(C)C4CC(O)C3C1(C)C. The summed E-state index contributed by atoms with van der Waals surface area (Å²) in [5.41, 5.74) is -1.63. The first-order chi connectivity index (χ1) is 19.2. The van der Waals surface area contributed by atoms with Gasteiger partial charge in [-0.2, -0.15) is 0 Å². The summed E-state index contributed by atoms with van der Waals surface area (Å²) in [5.74, 6) is 0.463. The molecule has 42 heavy (non-hydrogen) atoms. The molecule has 0 amide bonds. The Morgan fingerprint density at radius 1 is 0.881 bits per heavy atom. The molecule has 13 unspecified atom stereocenters. The number of ether oxygens (including phenoxy) is 2. The Balaban J connectivity index is 1.29. The fourth-order valence-corrected chi connectivity index (χ4v) is 12.9. The molecule has 1 heterocycles. The molecule has 5 aliphatic carbocycles. The Morgan fingerprint density at radius 3 is 2.14 bits per heavy atom. The van der Waals surface area contributed by atoms with Crippen LogP contribution in [0.2, 0.25) is 0 Å². The molecule has 1 saturated heterocycles. The highest BCUT2D eigenvalue weighted by atomic mass is 16.5. The van der Waals surface area contributed by atoms with Crippen molar-refractivity contribution < 1.29 is 29.6 Å². The van der Waals surface area contributed by atoms with Crippen LogP contribution >= 0.6 is 0 Å². The predicted molar refractivity (Wildman–Crippen MR) is 162 cm³/mol. The quantitative estimate of drug-likeness (QED) is 0.327. The minimum absolute atomic E-state index is 0.00111. The van der Waals surface area contributed by atoms with Crippen LogP contribution in [0.3, 0.4) is 0 Å². The number of esters is 1. The molecule has 0 aromatic rings. The van der Waals surface area contributed by atoms with Gasteiger partial charge in [-0.1, -0.05) is 48.5 Å². The molecule has 13 atom stereocenters. The molecular weight excluding hydrogens is 528 g/mol. The van der Waals surface area contributed by atoms with E-state index in [2.05, 4.69) is 48.5 Å². The van der Waals surface area contributed by atoms with Crippen LogP contribution in [0.4, 0.5) is 0 Å². The summed E-state index contributed by atoms with van der Waals surface area (Å²) < 4.78 is 12.9. The molecule has 0 bridgehead atoms. The van der Waals surface area contributed by atoms with E-state index in [1.54, 1.807) is 0 Å². The van der Waals surface area contributed by atoms with Crippen LogP contribution in [-0.4, -0.2) is 56.9 Å². The van der Waals surface area contributed by atoms with Crippen molar-refractivity contribution >= 4 is 5.97 Å². The molecule has 3 N–H and O–H groups in total. The monoisotopic (exact) mass is 588 g/mol. The van der Waals surface area contributed by atoms with Gasteiger partial charge in [-0.15, -0.1) is 0 Å². The predicted octanol–water partition coefficient (Wildman–Crippen LogP) is 6.28. The third-order valence-electron chi connectivity index (χ3n) is 15.4. The Kier molecular flexibility index (Phi) is 6.85. The van der Waals surface area contributed by atoms with Crippen molar-refractivity contribution in [1.29, 1.82) is 0 Å². The summed E-state index contributed by atoms with van der Waals surface area (Å²) in [6.07, 6.45) is 7.08. The van der Waals surface area contributed by atoms with E-state index in [1.807, 2.05) is 20.8 Å². The zero-order valence-corrected chi connectivity index (χ0v) is 28.1. The van der Waals surface area contributed by atoms with Gasteiger partial charge in [-0.3, -0.25) is 4.79 Å². The van der Waals surface area contributed by atoms with Crippen LogP contribution < -0.4 is 0 Å². The van der Waals surface area contributed by atoms with Gasteiger partial charge in [0.25, 0.3) is 0 Å². The molecule has 5 saturated carbocycles. The molecule has 1 aliphatic heterocycles. The van der Waals surface area contributed by atoms with E-state index < -0.39 is 23.4 Å². The second-order valence-corrected chi connectivity index (χ2v) is 18.3. The largest absolute Gasteiger partial charge is 0.462 e. The number of carbonyl (C=O) groups excluding carboxylic acids is 1. The maximum Gasteiger partial charge on any atom is 0.309 e. The number of aliphatic hydroxyl groups excluding tert-OH is 2. The Bertz CT molecular complexity index is 1110. The Labute approximate surface area is 254 Å². The molecule has 0 radical (unpaired) electrons. The van der Waals surface area contributed by atoms with E-state index in [1.165, 1.54) is 0 Å². The van der Waals surface area contributed by atoms with Crippen LogP contribution in [-0.2, 0) is 14.3 Å². The van der Waals surface area contributed by atoms with Crippen molar-refractivity contribution in [3.63, 3.8) is 0 Å². The number of carbonyl (C=O) groups is 1. The van der Waals surface area contributed by atoms with E-state index in [0.717, 1.165) is 57.8 Å². The first-order valence-corrected chi connectivity index (χ1v) is 17.2. The summed E-state index contributed by atoms with van der Waals surface area (Å²) in [6.45, 7) is 21.3. The maximum atomic E-state index is 13.0. The first kappa shape index (κ1) is 31.3. The number of hydrogen-bond donors (Lipinski definition) is 3. The second kappa shape index (κ2) is 9.19. The Morgan fingerprint density at radius 2 is 1.55 bits per heavy atom. The summed E-state index contributed by atoms with van der Waals surface area (Å²) >= 11 is 0. The van der Waals surface area contributed by atoms with Gasteiger partial charge in [-0.05, 0) is 118 Å². The van der Waals surface area contributed by atoms with Gasteiger partial charge in [0.2, 0.25) is 0 Å². The fraction of sp³-hybridized carbons (Fsp3) is 0.972. The van der Waals surface area contributed by atoms with Crippen molar-refractivity contribution in [3.05, 3.63) is 0 Å². The van der Waals surface area contributed by atoms with Gasteiger partial charge in [-0.25, -0.2) is 0 Å². The van der Waals surface area contributed by atoms with Crippen LogP contribution in [0.25, 0.3) is 0 Å². The lowest BCUT2D eigenvalue weighted by Crippen LogP contribution is -2.62. The zero-order chi connectivity index (χ0) is 31.1. The highest BCUT2D eigenvalue weighted by Crippen LogP contribution is 2.89. The number of aliphatic hydroxyl groups is 3. The number of rotatable bonds is 5. The van der Waals surface area contributed by atoms with Crippen LogP contribution in [0, 0.1) is 56.7 Å². The van der Waals surface area contributed by atoms with E-state index >= 15 is 0 Å². The Hall–Kier alpha value is -0.690. The van der Waals surface area contributed by atoms with Gasteiger partial charge in [0.05, 0.1) is 35.4 Å². The molecule has 0 aromatic heterocycles. The van der Waals surface area contributed by atoms with Gasteiger partial charge in [0, 0.05) is 11.3 Å². The first-order valence-electron chi connectivity index (χ1n) is 17.2. The van der Waals surface area contributed by atoms with Crippen molar-refractivity contribution in [2.45, 2.75) is 163 Å². The van der Waals surface area contributed by atoms with Gasteiger partial charge in [0.1, 0.15) is 6.10 Å². The maximum absolute atomic E-state index is 13.0. The smallest absolute Gasteiger partial charge is 0.309 e. The summed E-state index contributed by atoms with van der Waals surface area (Å²) in [6, 6.07) is 0. The fourth-order valence-electron chi connectivity index (χ4n) is 12.9. The normalized spacial score (nSPS) is 53.5. The highest BCUT2D eigenvalue weighted by Gasteiger charge is 2.85. The summed E-state index contributed by atoms with van der Waals surface area (Å²) in [4.78, 5) is 13.0. The average Bonchev–Trinajstić information content (AvgIpc) is 3.22. The van der Waals surface area contributed by atoms with Crippen LogP contribution in [0.1, 0.15) is 127 Å². The van der Waals surface area contributed by atoms with E-state index in [9.17, 15) is 20.1 Å². The minimum atomic E-state index is -0.905. The third kappa shape index (κ3) is 3.86. The third-order valence-corrected chi connectivity index (χ3v) is 15.4. The van der Waals surface area contributed by atoms with Crippen molar-refractivity contribution in [2.75, 3.05) is 0 Å². The molecule has 0 aromatic carbocycles. The molecule has 6 heteroatoms. The summed E-state index contributed by atoms with van der Waals surface area (Å²) in [7, 11) is 0. The standard InChI is InChI=1S/C36H60O6/c1-20(2)21(3)29(39)41-25-12-14-36-19-35(36)16-15-32(8)28(34(10)13-11-26(42-34)31(6,7)40)23(38)18-33(32,9)24(35)17-22(37)27(36)30(25,4)5/h20-28,37-38,40H,11-19H2,1-10H3. The molecule has 6 rings (SSSR count). The number of fused-ring (bicyclic) bond motifs is 2. The second-order valence-electron chi connectivity index (χ2n) is 18.3. The van der Waals surface area contributed by atoms with E-state index in [-0.39, 0.29) is 68.9 Å². The molecule has 240 valence electrons. The van der Waals surface area contributed by atoms with Gasteiger partial charge in [0.15, 0.2) is 0 Å². The van der Waals surface area contributed by atoms with Gasteiger partial charge < -0.3 is 24.8 Å². The number of hydrogen-bond acceptors (Lipinski definition) is 6. The average molecular weight is 589 g/mol. The molecule has 2 spiro atoms. The summed E-state index contributed by atoms with van der Waals surface area (Å²) in [5, 5.41) is 34.7. The lowest BCUT2D eigenvalue weighted by atomic mass is 9.41. The molecule has 6 fully saturated rings. The lowest BCUT2D eigenvalue weighted by molar-refractivity contribution is -0.219. The molecule has 6 nitrogen and oxygen atoms in total. The van der Waals surface area contributed by atoms with Crippen LogP contribution in [0.15, 0.2) is 0 Å². The van der Waals surface area contributed by atoms with Crippen molar-refractivity contribution in [3.8, 4) is 0 Å². The van der Waals surface area contributed by atoms with Crippen LogP contribution in [0.5, 0.6) is 0 Å². The van der Waals surface area contributed by atoms with Crippen molar-refractivity contribution in [1.82, 2.24) is 0 Å². The van der Waals surface area contributed by atoms with Crippen molar-refractivity contribution in [2.24, 2.45) is 56.7 Å². The van der Waals surface area contributed by atoms with E-state index in [0.29, 0.717) is 5.92 Å². The lowest BCUT2D eigenvalue weighted by Gasteiger charge is -2.64.